The number of ether oxygens (including phenoxy) is 1. The highest BCUT2D eigenvalue weighted by Crippen LogP contribution is 2.22. The number of carbonyl (C=O) groups is 1. The number of methoxy groups -OCH3 is 1. The SMILES string of the molecule is CC.COC(=O)N1CC=C(c2[nH]ncc2C)CC1. The number of hydrogen-bond acceptors (Lipinski definition) is 3. The molecular formula is C13H21N3O2. The summed E-state index contributed by atoms with van der Waals surface area (Å²) in [6.07, 6.45) is 4.42. The highest BCUT2D eigenvalue weighted by molar-refractivity contribution is 5.72. The summed E-state index contributed by atoms with van der Waals surface area (Å²) in [6.45, 7) is 7.31. The van der Waals surface area contributed by atoms with Gasteiger partial charge in [0.2, 0.25) is 0 Å². The summed E-state index contributed by atoms with van der Waals surface area (Å²) in [5, 5.41) is 6.98. The van der Waals surface area contributed by atoms with E-state index < -0.39 is 0 Å². The van der Waals surface area contributed by atoms with Crippen molar-refractivity contribution in [3.05, 3.63) is 23.5 Å². The molecule has 0 aromatic carbocycles. The van der Waals surface area contributed by atoms with Crippen LogP contribution in [0.4, 0.5) is 4.79 Å². The van der Waals surface area contributed by atoms with E-state index in [4.69, 9.17) is 0 Å². The fourth-order valence-electron chi connectivity index (χ4n) is 1.86. The Kier molecular flexibility index (Phi) is 5.42. The Bertz CT molecular complexity index is 424. The zero-order valence-electron chi connectivity index (χ0n) is 11.5. The molecule has 0 saturated carbocycles. The van der Waals surface area contributed by atoms with E-state index >= 15 is 0 Å². The third-order valence-electron chi connectivity index (χ3n) is 2.79. The number of nitrogens with zero attached hydrogens (tertiary/aromatic N) is 2. The first-order valence-corrected chi connectivity index (χ1v) is 6.24. The van der Waals surface area contributed by atoms with Crippen molar-refractivity contribution in [2.24, 2.45) is 0 Å². The van der Waals surface area contributed by atoms with E-state index in [9.17, 15) is 4.79 Å². The van der Waals surface area contributed by atoms with Gasteiger partial charge in [-0.2, -0.15) is 5.10 Å². The molecule has 0 radical (unpaired) electrons. The molecule has 1 aromatic rings. The number of H-pyrrole nitrogens is 1. The van der Waals surface area contributed by atoms with E-state index in [2.05, 4.69) is 14.9 Å². The molecule has 1 aliphatic rings. The van der Waals surface area contributed by atoms with Gasteiger partial charge < -0.3 is 9.64 Å². The molecule has 1 N–H and O–H groups in total. The lowest BCUT2D eigenvalue weighted by Gasteiger charge is -2.24. The highest BCUT2D eigenvalue weighted by atomic mass is 16.5. The predicted molar refractivity (Wildman–Crippen MR) is 71.2 cm³/mol. The first-order valence-electron chi connectivity index (χ1n) is 6.24. The maximum absolute atomic E-state index is 11.3. The lowest BCUT2D eigenvalue weighted by atomic mass is 10.0. The topological polar surface area (TPSA) is 58.2 Å². The number of nitrogens with one attached hydrogen (secondary N) is 1. The molecule has 2 rings (SSSR count). The van der Waals surface area contributed by atoms with E-state index in [1.54, 1.807) is 4.90 Å². The summed E-state index contributed by atoms with van der Waals surface area (Å²) >= 11 is 0. The smallest absolute Gasteiger partial charge is 0.409 e. The number of aryl methyl sites for hydroxylation is 1. The van der Waals surface area contributed by atoms with Crippen molar-refractivity contribution < 1.29 is 9.53 Å². The molecule has 5 heteroatoms. The predicted octanol–water partition coefficient (Wildman–Crippen LogP) is 2.60. The minimum absolute atomic E-state index is 0.267. The molecule has 0 aliphatic carbocycles. The van der Waals surface area contributed by atoms with Crippen LogP contribution in [0.5, 0.6) is 0 Å². The summed E-state index contributed by atoms with van der Waals surface area (Å²) < 4.78 is 4.68. The van der Waals surface area contributed by atoms with Crippen LogP contribution >= 0.6 is 0 Å². The van der Waals surface area contributed by atoms with E-state index in [1.165, 1.54) is 12.7 Å². The fraction of sp³-hybridized carbons (Fsp3) is 0.538. The lowest BCUT2D eigenvalue weighted by molar-refractivity contribution is 0.128. The molecule has 0 unspecified atom stereocenters. The first-order chi connectivity index (χ1) is 8.72. The third-order valence-corrected chi connectivity index (χ3v) is 2.79. The van der Waals surface area contributed by atoms with Crippen molar-refractivity contribution in [3.8, 4) is 0 Å². The molecule has 0 saturated heterocycles. The maximum atomic E-state index is 11.3. The average molecular weight is 251 g/mol. The van der Waals surface area contributed by atoms with Gasteiger partial charge in [-0.1, -0.05) is 19.9 Å². The molecule has 0 spiro atoms. The van der Waals surface area contributed by atoms with Crippen LogP contribution in [0.15, 0.2) is 12.3 Å². The van der Waals surface area contributed by atoms with Gasteiger partial charge in [-0.05, 0) is 24.5 Å². The Balaban J connectivity index is 0.000000771. The van der Waals surface area contributed by atoms with Crippen molar-refractivity contribution >= 4 is 11.7 Å². The third kappa shape index (κ3) is 3.12. The molecule has 2 heterocycles. The molecule has 1 aromatic heterocycles. The normalized spacial score (nSPS) is 14.4. The molecule has 1 aliphatic heterocycles. The van der Waals surface area contributed by atoms with Crippen molar-refractivity contribution in [3.63, 3.8) is 0 Å². The summed E-state index contributed by atoms with van der Waals surface area (Å²) in [6, 6.07) is 0. The van der Waals surface area contributed by atoms with Crippen LogP contribution in [-0.4, -0.2) is 41.4 Å². The monoisotopic (exact) mass is 251 g/mol. The van der Waals surface area contributed by atoms with Gasteiger partial charge >= 0.3 is 6.09 Å². The summed E-state index contributed by atoms with van der Waals surface area (Å²) in [4.78, 5) is 13.0. The van der Waals surface area contributed by atoms with E-state index in [1.807, 2.05) is 33.0 Å². The van der Waals surface area contributed by atoms with E-state index in [0.29, 0.717) is 13.1 Å². The Hall–Kier alpha value is -1.78. The number of aromatic nitrogens is 2. The number of aromatic amines is 1. The molecule has 1 amide bonds. The van der Waals surface area contributed by atoms with Gasteiger partial charge in [0.25, 0.3) is 0 Å². The molecule has 18 heavy (non-hydrogen) atoms. The first kappa shape index (κ1) is 14.3. The summed E-state index contributed by atoms with van der Waals surface area (Å²) in [7, 11) is 1.40. The summed E-state index contributed by atoms with van der Waals surface area (Å²) in [5.74, 6) is 0. The van der Waals surface area contributed by atoms with Crippen molar-refractivity contribution in [2.75, 3.05) is 20.2 Å². The van der Waals surface area contributed by atoms with Crippen LogP contribution in [0.2, 0.25) is 0 Å². The quantitative estimate of drug-likeness (QED) is 0.834. The van der Waals surface area contributed by atoms with Gasteiger partial charge in [-0.25, -0.2) is 4.79 Å². The van der Waals surface area contributed by atoms with Gasteiger partial charge in [0, 0.05) is 13.1 Å². The molecule has 0 bridgehead atoms. The maximum Gasteiger partial charge on any atom is 0.409 e. The van der Waals surface area contributed by atoms with Crippen LogP contribution < -0.4 is 0 Å². The largest absolute Gasteiger partial charge is 0.453 e. The van der Waals surface area contributed by atoms with Crippen molar-refractivity contribution in [2.45, 2.75) is 27.2 Å². The fourth-order valence-corrected chi connectivity index (χ4v) is 1.86. The zero-order valence-corrected chi connectivity index (χ0v) is 11.5. The molecular weight excluding hydrogens is 230 g/mol. The summed E-state index contributed by atoms with van der Waals surface area (Å²) in [5.41, 5.74) is 3.43. The van der Waals surface area contributed by atoms with Crippen molar-refractivity contribution in [1.29, 1.82) is 0 Å². The van der Waals surface area contributed by atoms with Crippen LogP contribution in [-0.2, 0) is 4.74 Å². The Labute approximate surface area is 108 Å². The van der Waals surface area contributed by atoms with Gasteiger partial charge in [0.1, 0.15) is 0 Å². The van der Waals surface area contributed by atoms with Gasteiger partial charge in [-0.15, -0.1) is 0 Å². The van der Waals surface area contributed by atoms with Gasteiger partial charge in [0.15, 0.2) is 0 Å². The van der Waals surface area contributed by atoms with Crippen LogP contribution in [0, 0.1) is 6.92 Å². The Morgan fingerprint density at radius 3 is 2.67 bits per heavy atom. The Morgan fingerprint density at radius 2 is 2.22 bits per heavy atom. The highest BCUT2D eigenvalue weighted by Gasteiger charge is 2.19. The Morgan fingerprint density at radius 1 is 1.50 bits per heavy atom. The van der Waals surface area contributed by atoms with Gasteiger partial charge in [0.05, 0.1) is 19.0 Å². The number of rotatable bonds is 1. The zero-order chi connectivity index (χ0) is 13.5. The minimum atomic E-state index is -0.267. The minimum Gasteiger partial charge on any atom is -0.453 e. The molecule has 5 nitrogen and oxygen atoms in total. The van der Waals surface area contributed by atoms with E-state index in [0.717, 1.165) is 17.7 Å². The lowest BCUT2D eigenvalue weighted by Crippen LogP contribution is -2.34. The number of carbonyl (C=O) groups excluding carboxylic acids is 1. The van der Waals surface area contributed by atoms with Crippen LogP contribution in [0.25, 0.3) is 5.57 Å². The molecule has 0 atom stereocenters. The van der Waals surface area contributed by atoms with E-state index in [-0.39, 0.29) is 6.09 Å². The average Bonchev–Trinajstić information content (AvgIpc) is 2.86. The standard InChI is InChI=1S/C11H15N3O2.C2H6/c1-8-7-12-13-10(8)9-3-5-14(6-4-9)11(15)16-2;1-2/h3,7H,4-6H2,1-2H3,(H,12,13);1-2H3. The number of hydrogen-bond donors (Lipinski definition) is 1. The molecule has 0 fully saturated rings. The van der Waals surface area contributed by atoms with Crippen LogP contribution in [0.1, 0.15) is 31.5 Å². The second kappa shape index (κ2) is 6.83. The second-order valence-corrected chi connectivity index (χ2v) is 3.82. The van der Waals surface area contributed by atoms with Gasteiger partial charge in [-0.3, -0.25) is 5.10 Å². The molecule has 100 valence electrons. The second-order valence-electron chi connectivity index (χ2n) is 3.82. The number of amides is 1. The van der Waals surface area contributed by atoms with Crippen LogP contribution in [0.3, 0.4) is 0 Å². The van der Waals surface area contributed by atoms with Crippen molar-refractivity contribution in [1.82, 2.24) is 15.1 Å².